The Morgan fingerprint density at radius 2 is 1.86 bits per heavy atom. The van der Waals surface area contributed by atoms with Crippen LogP contribution in [0.15, 0.2) is 24.3 Å². The molecule has 3 aromatic rings. The van der Waals surface area contributed by atoms with Gasteiger partial charge in [-0.3, -0.25) is 4.79 Å². The predicted molar refractivity (Wildman–Crippen MR) is 143 cm³/mol. The molecule has 2 aromatic carbocycles. The zero-order chi connectivity index (χ0) is 26.2. The highest BCUT2D eigenvalue weighted by Crippen LogP contribution is 2.37. The molecular formula is C26H30Cl2N4O4. The van der Waals surface area contributed by atoms with E-state index in [9.17, 15) is 14.7 Å². The van der Waals surface area contributed by atoms with Gasteiger partial charge >= 0.3 is 5.97 Å². The van der Waals surface area contributed by atoms with Crippen LogP contribution in [0.3, 0.4) is 0 Å². The number of aromatic nitrogens is 2. The van der Waals surface area contributed by atoms with E-state index in [1.165, 1.54) is 0 Å². The van der Waals surface area contributed by atoms with Gasteiger partial charge in [0.05, 0.1) is 51.2 Å². The number of nitrogens with zero attached hydrogens (tertiary/aromatic N) is 3. The van der Waals surface area contributed by atoms with Crippen LogP contribution in [0.2, 0.25) is 10.0 Å². The summed E-state index contributed by atoms with van der Waals surface area (Å²) in [5.74, 6) is -0.391. The molecule has 1 aromatic heterocycles. The van der Waals surface area contributed by atoms with Crippen molar-refractivity contribution in [1.29, 1.82) is 0 Å². The van der Waals surface area contributed by atoms with Crippen LogP contribution in [-0.4, -0.2) is 52.7 Å². The first-order valence-electron chi connectivity index (χ1n) is 11.8. The average Bonchev–Trinajstić information content (AvgIpc) is 3.14. The minimum Gasteiger partial charge on any atom is -0.478 e. The van der Waals surface area contributed by atoms with Gasteiger partial charge in [0.15, 0.2) is 0 Å². The maximum absolute atomic E-state index is 12.4. The molecule has 36 heavy (non-hydrogen) atoms. The number of morpholine rings is 1. The Bertz CT molecular complexity index is 1320. The van der Waals surface area contributed by atoms with Crippen LogP contribution in [0.5, 0.6) is 0 Å². The molecule has 10 heteroatoms. The van der Waals surface area contributed by atoms with E-state index in [1.807, 2.05) is 49.4 Å². The number of hydrogen-bond acceptors (Lipinski definition) is 6. The fourth-order valence-corrected chi connectivity index (χ4v) is 4.77. The number of ketones is 1. The largest absolute Gasteiger partial charge is 0.478 e. The van der Waals surface area contributed by atoms with Crippen LogP contribution < -0.4 is 10.2 Å². The number of benzene rings is 2. The molecule has 0 radical (unpaired) electrons. The summed E-state index contributed by atoms with van der Waals surface area (Å²) in [6, 6.07) is 7.01. The number of hydrogen-bond donors (Lipinski definition) is 2. The third-order valence-electron chi connectivity index (χ3n) is 6.45. The normalized spacial score (nSPS) is 14.3. The van der Waals surface area contributed by atoms with E-state index in [0.29, 0.717) is 72.0 Å². The van der Waals surface area contributed by atoms with E-state index >= 15 is 0 Å². The number of aromatic carboxylic acids is 1. The number of rotatable bonds is 7. The smallest absolute Gasteiger partial charge is 0.337 e. The van der Waals surface area contributed by atoms with Gasteiger partial charge in [-0.25, -0.2) is 9.78 Å². The molecule has 0 saturated carbocycles. The molecule has 4 rings (SSSR count). The van der Waals surface area contributed by atoms with Gasteiger partial charge in [0, 0.05) is 32.0 Å². The average molecular weight is 533 g/mol. The number of Topliss-reactive ketones (excluding diaryl/α,β-unsaturated/α-hetero) is 1. The van der Waals surface area contributed by atoms with Crippen LogP contribution in [0.4, 0.5) is 17.3 Å². The molecule has 2 N–H and O–H groups in total. The lowest BCUT2D eigenvalue weighted by Crippen LogP contribution is -2.37. The van der Waals surface area contributed by atoms with Crippen molar-refractivity contribution in [1.82, 2.24) is 9.55 Å². The fourth-order valence-electron chi connectivity index (χ4n) is 4.21. The SMILES string of the molecule is Cn1c(Nc2c(Cl)ccc(CCC(=O)C(C)(C)C)c2Cl)nc2cc(C(=O)O)c(N3CCOCC3)cc21. The maximum Gasteiger partial charge on any atom is 0.337 e. The van der Waals surface area contributed by atoms with Crippen LogP contribution in [0.1, 0.15) is 43.1 Å². The summed E-state index contributed by atoms with van der Waals surface area (Å²) >= 11 is 13.2. The summed E-state index contributed by atoms with van der Waals surface area (Å²) in [4.78, 5) is 31.1. The van der Waals surface area contributed by atoms with Crippen LogP contribution in [0.25, 0.3) is 11.0 Å². The molecule has 0 amide bonds. The maximum atomic E-state index is 12.4. The van der Waals surface area contributed by atoms with E-state index in [2.05, 4.69) is 10.3 Å². The number of fused-ring (bicyclic) bond motifs is 1. The highest BCUT2D eigenvalue weighted by atomic mass is 35.5. The number of carbonyl (C=O) groups excluding carboxylic acids is 1. The van der Waals surface area contributed by atoms with Gasteiger partial charge in [-0.1, -0.05) is 50.0 Å². The van der Waals surface area contributed by atoms with Crippen molar-refractivity contribution < 1.29 is 19.4 Å². The van der Waals surface area contributed by atoms with Crippen molar-refractivity contribution in [3.05, 3.63) is 45.4 Å². The second-order valence-corrected chi connectivity index (χ2v) is 10.7. The molecule has 0 atom stereocenters. The Kier molecular flexibility index (Phi) is 7.50. The molecular weight excluding hydrogens is 503 g/mol. The number of anilines is 3. The molecule has 1 aliphatic heterocycles. The quantitative estimate of drug-likeness (QED) is 0.402. The van der Waals surface area contributed by atoms with Crippen LogP contribution in [0, 0.1) is 5.41 Å². The molecule has 1 fully saturated rings. The number of aryl methyl sites for hydroxylation is 2. The van der Waals surface area contributed by atoms with Gasteiger partial charge in [-0.05, 0) is 30.2 Å². The van der Waals surface area contributed by atoms with Crippen molar-refractivity contribution in [2.75, 3.05) is 36.5 Å². The molecule has 0 spiro atoms. The molecule has 0 aliphatic carbocycles. The Morgan fingerprint density at radius 3 is 2.50 bits per heavy atom. The first-order chi connectivity index (χ1) is 17.0. The minimum absolute atomic E-state index is 0.156. The predicted octanol–water partition coefficient (Wildman–Crippen LogP) is 5.71. The second kappa shape index (κ2) is 10.3. The third-order valence-corrected chi connectivity index (χ3v) is 7.19. The van der Waals surface area contributed by atoms with Crippen molar-refractivity contribution in [2.24, 2.45) is 12.5 Å². The van der Waals surface area contributed by atoms with E-state index in [0.717, 1.165) is 11.1 Å². The van der Waals surface area contributed by atoms with Gasteiger partial charge in [0.25, 0.3) is 0 Å². The standard InChI is InChI=1S/C26H30Cl2N4O4/c1-26(2,3)21(33)8-6-15-5-7-17(27)23(22(15)28)30-25-29-18-13-16(24(34)35)19(14-20(18)31(25)4)32-9-11-36-12-10-32/h5,7,13-14H,6,8-12H2,1-4H3,(H,29,30)(H,34,35). The van der Waals surface area contributed by atoms with Gasteiger partial charge in [-0.15, -0.1) is 0 Å². The highest BCUT2D eigenvalue weighted by Gasteiger charge is 2.24. The number of ether oxygens (including phenoxy) is 1. The number of nitrogens with one attached hydrogen (secondary N) is 1. The first-order valence-corrected chi connectivity index (χ1v) is 12.6. The molecule has 192 valence electrons. The summed E-state index contributed by atoms with van der Waals surface area (Å²) in [7, 11) is 1.84. The second-order valence-electron chi connectivity index (χ2n) is 9.95. The summed E-state index contributed by atoms with van der Waals surface area (Å²) in [6.07, 6.45) is 0.868. The third kappa shape index (κ3) is 5.31. The van der Waals surface area contributed by atoms with Crippen LogP contribution >= 0.6 is 23.2 Å². The van der Waals surface area contributed by atoms with E-state index < -0.39 is 11.4 Å². The topological polar surface area (TPSA) is 96.7 Å². The Hall–Kier alpha value is -2.81. The van der Waals surface area contributed by atoms with Gasteiger partial charge in [0.1, 0.15) is 5.78 Å². The molecule has 1 saturated heterocycles. The number of carboxylic acid groups (broad SMARTS) is 1. The fraction of sp³-hybridized carbons (Fsp3) is 0.423. The van der Waals surface area contributed by atoms with E-state index in [-0.39, 0.29) is 11.3 Å². The number of imidazole rings is 1. The molecule has 1 aliphatic rings. The summed E-state index contributed by atoms with van der Waals surface area (Å²) < 4.78 is 7.26. The number of carboxylic acids is 1. The molecule has 8 nitrogen and oxygen atoms in total. The Labute approximate surface area is 220 Å². The zero-order valence-electron chi connectivity index (χ0n) is 20.8. The lowest BCUT2D eigenvalue weighted by molar-refractivity contribution is -0.126. The van der Waals surface area contributed by atoms with Crippen molar-refractivity contribution in [2.45, 2.75) is 33.6 Å². The van der Waals surface area contributed by atoms with E-state index in [4.69, 9.17) is 27.9 Å². The van der Waals surface area contributed by atoms with Crippen molar-refractivity contribution >= 4 is 63.3 Å². The van der Waals surface area contributed by atoms with Gasteiger partial charge in [0.2, 0.25) is 5.95 Å². The van der Waals surface area contributed by atoms with Crippen molar-refractivity contribution in [3.8, 4) is 0 Å². The summed E-state index contributed by atoms with van der Waals surface area (Å²) in [5.41, 5.74) is 3.01. The molecule has 2 heterocycles. The Morgan fingerprint density at radius 1 is 1.17 bits per heavy atom. The Balaban J connectivity index is 1.68. The van der Waals surface area contributed by atoms with Gasteiger partial charge in [-0.2, -0.15) is 0 Å². The number of carbonyl (C=O) groups is 2. The minimum atomic E-state index is -1.01. The first kappa shape index (κ1) is 26.3. The lowest BCUT2D eigenvalue weighted by atomic mass is 9.87. The van der Waals surface area contributed by atoms with E-state index in [1.54, 1.807) is 12.1 Å². The molecule has 0 bridgehead atoms. The summed E-state index contributed by atoms with van der Waals surface area (Å²) in [5, 5.41) is 13.9. The molecule has 0 unspecified atom stereocenters. The lowest BCUT2D eigenvalue weighted by Gasteiger charge is -2.30. The highest BCUT2D eigenvalue weighted by molar-refractivity contribution is 6.39. The summed E-state index contributed by atoms with van der Waals surface area (Å²) in [6.45, 7) is 8.02. The monoisotopic (exact) mass is 532 g/mol. The number of halogens is 2. The van der Waals surface area contributed by atoms with Crippen LogP contribution in [-0.2, 0) is 23.0 Å². The van der Waals surface area contributed by atoms with Gasteiger partial charge < -0.3 is 24.6 Å². The van der Waals surface area contributed by atoms with Crippen molar-refractivity contribution in [3.63, 3.8) is 0 Å². The zero-order valence-corrected chi connectivity index (χ0v) is 22.3.